The number of nitrogens with zero attached hydrogens (tertiary/aromatic N) is 1. The third-order valence-corrected chi connectivity index (χ3v) is 6.31. The standard InChI is InChI=1S/C29H49NO5/c1-5-6-7-8-9-10-11-12-13-14-15-16-17-19-24-20-18-21-26(31)28(24)29(34)35-25(22-27(32)33)23-30(2,3)4/h18,20-21,25H,5-17,19,22-23H2,1-4H3,(H-,31,32,33,34)/p+1/t25-/m1/s1. The van der Waals surface area contributed by atoms with Gasteiger partial charge in [0.25, 0.3) is 0 Å². The molecule has 1 rings (SSSR count). The highest BCUT2D eigenvalue weighted by atomic mass is 16.5. The average molecular weight is 493 g/mol. The summed E-state index contributed by atoms with van der Waals surface area (Å²) in [5.74, 6) is -1.77. The maximum absolute atomic E-state index is 12.9. The van der Waals surface area contributed by atoms with Crippen LogP contribution in [0, 0.1) is 0 Å². The molecule has 0 spiro atoms. The normalized spacial score (nSPS) is 12.5. The summed E-state index contributed by atoms with van der Waals surface area (Å²) in [6.45, 7) is 2.63. The number of carboxylic acids is 1. The molecule has 0 fully saturated rings. The van der Waals surface area contributed by atoms with Crippen LogP contribution in [0.5, 0.6) is 5.75 Å². The molecule has 6 heteroatoms. The molecule has 0 saturated heterocycles. The monoisotopic (exact) mass is 492 g/mol. The van der Waals surface area contributed by atoms with E-state index in [1.807, 2.05) is 27.2 Å². The van der Waals surface area contributed by atoms with Crippen LogP contribution in [-0.4, -0.2) is 60.4 Å². The third kappa shape index (κ3) is 14.8. The summed E-state index contributed by atoms with van der Waals surface area (Å²) in [6, 6.07) is 5.07. The molecule has 1 atom stereocenters. The Hall–Kier alpha value is -2.08. The molecule has 35 heavy (non-hydrogen) atoms. The maximum Gasteiger partial charge on any atom is 0.342 e. The van der Waals surface area contributed by atoms with Gasteiger partial charge >= 0.3 is 11.9 Å². The maximum atomic E-state index is 12.9. The number of aryl methyl sites for hydroxylation is 1. The smallest absolute Gasteiger partial charge is 0.342 e. The largest absolute Gasteiger partial charge is 0.507 e. The van der Waals surface area contributed by atoms with Crippen LogP contribution >= 0.6 is 0 Å². The van der Waals surface area contributed by atoms with Gasteiger partial charge in [-0.15, -0.1) is 0 Å². The van der Waals surface area contributed by atoms with Gasteiger partial charge in [-0.1, -0.05) is 96.1 Å². The molecule has 1 aromatic carbocycles. The Morgan fingerprint density at radius 1 is 0.857 bits per heavy atom. The van der Waals surface area contributed by atoms with Gasteiger partial charge in [-0.25, -0.2) is 4.79 Å². The SMILES string of the molecule is CCCCCCCCCCCCCCCc1cccc(O)c1C(=O)O[C@H](CC(=O)O)C[N+](C)(C)C. The topological polar surface area (TPSA) is 83.8 Å². The lowest BCUT2D eigenvalue weighted by molar-refractivity contribution is -0.873. The third-order valence-electron chi connectivity index (χ3n) is 6.31. The molecule has 0 aliphatic rings. The van der Waals surface area contributed by atoms with Gasteiger partial charge in [-0.05, 0) is 24.5 Å². The Kier molecular flexibility index (Phi) is 15.4. The predicted molar refractivity (Wildman–Crippen MR) is 142 cm³/mol. The molecule has 0 aliphatic heterocycles. The van der Waals surface area contributed by atoms with E-state index in [0.29, 0.717) is 17.4 Å². The zero-order chi connectivity index (χ0) is 26.1. The van der Waals surface area contributed by atoms with Crippen molar-refractivity contribution in [3.63, 3.8) is 0 Å². The van der Waals surface area contributed by atoms with Crippen LogP contribution in [0.15, 0.2) is 18.2 Å². The number of phenols is 1. The molecule has 0 amide bonds. The van der Waals surface area contributed by atoms with Gasteiger partial charge in [0, 0.05) is 0 Å². The second kappa shape index (κ2) is 17.4. The van der Waals surface area contributed by atoms with E-state index < -0.39 is 18.0 Å². The summed E-state index contributed by atoms with van der Waals surface area (Å²) in [5.41, 5.74) is 0.931. The zero-order valence-corrected chi connectivity index (χ0v) is 22.7. The zero-order valence-electron chi connectivity index (χ0n) is 22.7. The molecular formula is C29H50NO5+. The van der Waals surface area contributed by atoms with E-state index in [-0.39, 0.29) is 17.7 Å². The molecule has 2 N–H and O–H groups in total. The number of rotatable bonds is 20. The van der Waals surface area contributed by atoms with Crippen molar-refractivity contribution in [1.82, 2.24) is 0 Å². The van der Waals surface area contributed by atoms with E-state index in [0.717, 1.165) is 18.4 Å². The fourth-order valence-electron chi connectivity index (χ4n) is 4.52. The number of benzene rings is 1. The van der Waals surface area contributed by atoms with Gasteiger partial charge in [0.1, 0.15) is 17.9 Å². The van der Waals surface area contributed by atoms with Crippen LogP contribution in [0.4, 0.5) is 0 Å². The Labute approximate surface area is 213 Å². The van der Waals surface area contributed by atoms with E-state index in [4.69, 9.17) is 4.74 Å². The first kappa shape index (κ1) is 31.0. The number of carbonyl (C=O) groups excluding carboxylic acids is 1. The Bertz CT molecular complexity index is 741. The molecule has 0 aliphatic carbocycles. The van der Waals surface area contributed by atoms with Crippen molar-refractivity contribution in [3.8, 4) is 5.75 Å². The lowest BCUT2D eigenvalue weighted by atomic mass is 9.99. The van der Waals surface area contributed by atoms with Crippen LogP contribution in [-0.2, 0) is 16.0 Å². The molecule has 1 aromatic rings. The van der Waals surface area contributed by atoms with E-state index in [1.165, 1.54) is 76.7 Å². The number of likely N-dealkylation sites (N-methyl/N-ethyl adjacent to an activating group) is 1. The van der Waals surface area contributed by atoms with Gasteiger partial charge in [-0.3, -0.25) is 4.79 Å². The summed E-state index contributed by atoms with van der Waals surface area (Å²) in [6.07, 6.45) is 16.3. The summed E-state index contributed by atoms with van der Waals surface area (Å²) in [5, 5.41) is 19.6. The van der Waals surface area contributed by atoms with Crippen LogP contribution in [0.3, 0.4) is 0 Å². The molecule has 0 bridgehead atoms. The first-order valence-electron chi connectivity index (χ1n) is 13.7. The number of unbranched alkanes of at least 4 members (excludes halogenated alkanes) is 12. The number of esters is 1. The van der Waals surface area contributed by atoms with E-state index >= 15 is 0 Å². The van der Waals surface area contributed by atoms with Gasteiger partial charge in [0.2, 0.25) is 0 Å². The van der Waals surface area contributed by atoms with Crippen molar-refractivity contribution in [2.75, 3.05) is 27.7 Å². The number of hydrogen-bond donors (Lipinski definition) is 2. The summed E-state index contributed by atoms with van der Waals surface area (Å²) in [4.78, 5) is 24.2. The van der Waals surface area contributed by atoms with Gasteiger partial charge in [-0.2, -0.15) is 0 Å². The number of carbonyl (C=O) groups is 2. The van der Waals surface area contributed by atoms with Crippen molar-refractivity contribution in [3.05, 3.63) is 29.3 Å². The van der Waals surface area contributed by atoms with Crippen LogP contribution in [0.25, 0.3) is 0 Å². The minimum absolute atomic E-state index is 0.110. The van der Waals surface area contributed by atoms with E-state index in [2.05, 4.69) is 6.92 Å². The molecule has 200 valence electrons. The summed E-state index contributed by atoms with van der Waals surface area (Å²) < 4.78 is 6.04. The summed E-state index contributed by atoms with van der Waals surface area (Å²) in [7, 11) is 5.76. The number of quaternary nitrogens is 1. The fourth-order valence-corrected chi connectivity index (χ4v) is 4.52. The Balaban J connectivity index is 2.43. The van der Waals surface area contributed by atoms with Crippen molar-refractivity contribution >= 4 is 11.9 Å². The fraction of sp³-hybridized carbons (Fsp3) is 0.724. The molecule has 0 aromatic heterocycles. The number of ether oxygens (including phenoxy) is 1. The second-order valence-corrected chi connectivity index (χ2v) is 10.9. The predicted octanol–water partition coefficient (Wildman–Crippen LogP) is 6.73. The average Bonchev–Trinajstić information content (AvgIpc) is 2.75. The lowest BCUT2D eigenvalue weighted by Gasteiger charge is -2.28. The number of carboxylic acid groups (broad SMARTS) is 1. The van der Waals surface area contributed by atoms with Crippen molar-refractivity contribution in [2.45, 2.75) is 109 Å². The van der Waals surface area contributed by atoms with Crippen molar-refractivity contribution in [2.24, 2.45) is 0 Å². The first-order valence-corrected chi connectivity index (χ1v) is 13.7. The van der Waals surface area contributed by atoms with Crippen molar-refractivity contribution < 1.29 is 29.0 Å². The van der Waals surface area contributed by atoms with Gasteiger partial charge < -0.3 is 19.4 Å². The highest BCUT2D eigenvalue weighted by Gasteiger charge is 2.27. The lowest BCUT2D eigenvalue weighted by Crippen LogP contribution is -2.43. The van der Waals surface area contributed by atoms with E-state index in [9.17, 15) is 19.8 Å². The molecule has 0 unspecified atom stereocenters. The number of aliphatic carboxylic acids is 1. The highest BCUT2D eigenvalue weighted by Crippen LogP contribution is 2.25. The first-order chi connectivity index (χ1) is 16.6. The Morgan fingerprint density at radius 3 is 1.86 bits per heavy atom. The Morgan fingerprint density at radius 2 is 1.37 bits per heavy atom. The van der Waals surface area contributed by atoms with Crippen LogP contribution < -0.4 is 0 Å². The van der Waals surface area contributed by atoms with Crippen LogP contribution in [0.1, 0.15) is 113 Å². The van der Waals surface area contributed by atoms with Crippen LogP contribution in [0.2, 0.25) is 0 Å². The number of phenolic OH excluding ortho intramolecular Hbond substituents is 1. The minimum Gasteiger partial charge on any atom is -0.507 e. The molecule has 6 nitrogen and oxygen atoms in total. The molecule has 0 radical (unpaired) electrons. The number of hydrogen-bond acceptors (Lipinski definition) is 4. The summed E-state index contributed by atoms with van der Waals surface area (Å²) >= 11 is 0. The van der Waals surface area contributed by atoms with Crippen molar-refractivity contribution in [1.29, 1.82) is 0 Å². The molecular weight excluding hydrogens is 442 g/mol. The van der Waals surface area contributed by atoms with Gasteiger partial charge in [0.05, 0.1) is 27.6 Å². The second-order valence-electron chi connectivity index (χ2n) is 10.9. The number of aromatic hydroxyl groups is 1. The molecule has 0 saturated carbocycles. The minimum atomic E-state index is -1.01. The quantitative estimate of drug-likeness (QED) is 0.120. The van der Waals surface area contributed by atoms with Gasteiger partial charge in [0.15, 0.2) is 6.10 Å². The molecule has 0 heterocycles. The highest BCUT2D eigenvalue weighted by molar-refractivity contribution is 5.94. The van der Waals surface area contributed by atoms with E-state index in [1.54, 1.807) is 6.07 Å².